The Bertz CT molecular complexity index is 902. The first kappa shape index (κ1) is 20.2. The van der Waals surface area contributed by atoms with E-state index in [1.165, 1.54) is 5.56 Å². The van der Waals surface area contributed by atoms with Gasteiger partial charge in [0.05, 0.1) is 0 Å². The quantitative estimate of drug-likeness (QED) is 0.399. The molecule has 0 aliphatic heterocycles. The van der Waals surface area contributed by atoms with Crippen LogP contribution in [0.5, 0.6) is 5.75 Å². The third-order valence-electron chi connectivity index (χ3n) is 4.32. The Labute approximate surface area is 178 Å². The molecule has 0 fully saturated rings. The van der Waals surface area contributed by atoms with Crippen molar-refractivity contribution in [3.63, 3.8) is 0 Å². The average Bonchev–Trinajstić information content (AvgIpc) is 2.67. The molecule has 0 spiro atoms. The topological polar surface area (TPSA) is 21.3 Å². The smallest absolute Gasteiger partial charge is 0.124 e. The number of hydrogen-bond donors (Lipinski definition) is 1. The van der Waals surface area contributed by atoms with Crippen LogP contribution in [0.2, 0.25) is 10.0 Å². The molecule has 0 aliphatic carbocycles. The normalized spacial score (nSPS) is 12.0. The van der Waals surface area contributed by atoms with E-state index in [4.69, 9.17) is 27.9 Å². The van der Waals surface area contributed by atoms with Gasteiger partial charge in [-0.15, -0.1) is 0 Å². The van der Waals surface area contributed by atoms with E-state index in [0.717, 1.165) is 21.3 Å². The van der Waals surface area contributed by atoms with Gasteiger partial charge in [0.15, 0.2) is 0 Å². The van der Waals surface area contributed by atoms with E-state index in [1.54, 1.807) is 6.07 Å². The summed E-state index contributed by atoms with van der Waals surface area (Å²) in [5.41, 5.74) is 3.24. The lowest BCUT2D eigenvalue weighted by atomic mass is 10.1. The maximum absolute atomic E-state index is 6.25. The highest BCUT2D eigenvalue weighted by Gasteiger charge is 2.10. The second-order valence-electron chi connectivity index (χ2n) is 6.29. The van der Waals surface area contributed by atoms with Gasteiger partial charge >= 0.3 is 0 Å². The largest absolute Gasteiger partial charge is 0.489 e. The van der Waals surface area contributed by atoms with Gasteiger partial charge in [0.25, 0.3) is 0 Å². The molecule has 0 bridgehead atoms. The van der Waals surface area contributed by atoms with Gasteiger partial charge in [0.1, 0.15) is 12.4 Å². The molecule has 3 rings (SSSR count). The SMILES string of the molecule is CC(NCc1cc(Br)ccc1OCc1ccc(Cl)cc1Cl)c1ccccc1. The molecule has 1 unspecified atom stereocenters. The Hall–Kier alpha value is -1.52. The van der Waals surface area contributed by atoms with Crippen molar-refractivity contribution in [3.8, 4) is 5.75 Å². The minimum atomic E-state index is 0.240. The van der Waals surface area contributed by atoms with Crippen LogP contribution in [-0.2, 0) is 13.2 Å². The zero-order valence-electron chi connectivity index (χ0n) is 14.9. The van der Waals surface area contributed by atoms with Crippen molar-refractivity contribution < 1.29 is 4.74 Å². The van der Waals surface area contributed by atoms with Crippen LogP contribution in [-0.4, -0.2) is 0 Å². The van der Waals surface area contributed by atoms with E-state index in [9.17, 15) is 0 Å². The number of nitrogens with one attached hydrogen (secondary N) is 1. The molecule has 27 heavy (non-hydrogen) atoms. The van der Waals surface area contributed by atoms with Crippen LogP contribution in [0, 0.1) is 0 Å². The number of hydrogen-bond acceptors (Lipinski definition) is 2. The molecule has 5 heteroatoms. The van der Waals surface area contributed by atoms with Crippen LogP contribution < -0.4 is 10.1 Å². The van der Waals surface area contributed by atoms with Crippen molar-refractivity contribution in [2.24, 2.45) is 0 Å². The highest BCUT2D eigenvalue weighted by atomic mass is 79.9. The van der Waals surface area contributed by atoms with E-state index >= 15 is 0 Å². The van der Waals surface area contributed by atoms with Gasteiger partial charge in [0, 0.05) is 38.2 Å². The molecule has 1 N–H and O–H groups in total. The van der Waals surface area contributed by atoms with Crippen LogP contribution >= 0.6 is 39.1 Å². The van der Waals surface area contributed by atoms with E-state index in [1.807, 2.05) is 30.3 Å². The maximum atomic E-state index is 6.25. The Kier molecular flexibility index (Phi) is 7.20. The first-order chi connectivity index (χ1) is 13.0. The summed E-state index contributed by atoms with van der Waals surface area (Å²) < 4.78 is 7.07. The Morgan fingerprint density at radius 1 is 0.963 bits per heavy atom. The lowest BCUT2D eigenvalue weighted by Crippen LogP contribution is -2.18. The minimum Gasteiger partial charge on any atom is -0.489 e. The zero-order chi connectivity index (χ0) is 19.2. The first-order valence-corrected chi connectivity index (χ1v) is 10.2. The standard InChI is InChI=1S/C22H20BrCl2NO/c1-15(16-5-3-2-4-6-16)26-13-18-11-19(23)8-10-22(18)27-14-17-7-9-20(24)12-21(17)25/h2-12,15,26H,13-14H2,1H3. The number of rotatable bonds is 7. The molecule has 0 aromatic heterocycles. The molecule has 1 atom stereocenters. The molecule has 0 aliphatic rings. The molecule has 3 aromatic carbocycles. The maximum Gasteiger partial charge on any atom is 0.124 e. The van der Waals surface area contributed by atoms with Gasteiger partial charge < -0.3 is 10.1 Å². The summed E-state index contributed by atoms with van der Waals surface area (Å²) in [6.45, 7) is 3.24. The van der Waals surface area contributed by atoms with Crippen LogP contribution in [0.4, 0.5) is 0 Å². The molecular weight excluding hydrogens is 445 g/mol. The van der Waals surface area contributed by atoms with Gasteiger partial charge in [-0.3, -0.25) is 0 Å². The first-order valence-electron chi connectivity index (χ1n) is 8.66. The third kappa shape index (κ3) is 5.73. The second-order valence-corrected chi connectivity index (χ2v) is 8.05. The van der Waals surface area contributed by atoms with Crippen LogP contribution in [0.3, 0.4) is 0 Å². The summed E-state index contributed by atoms with van der Waals surface area (Å²) in [6, 6.07) is 22.1. The van der Waals surface area contributed by atoms with Gasteiger partial charge in [-0.1, -0.05) is 75.5 Å². The molecule has 0 amide bonds. The molecule has 0 saturated carbocycles. The minimum absolute atomic E-state index is 0.240. The highest BCUT2D eigenvalue weighted by Crippen LogP contribution is 2.27. The van der Waals surface area contributed by atoms with Gasteiger partial charge in [-0.05, 0) is 42.8 Å². The van der Waals surface area contributed by atoms with Crippen molar-refractivity contribution >= 4 is 39.1 Å². The Balaban J connectivity index is 1.69. The van der Waals surface area contributed by atoms with E-state index in [-0.39, 0.29) is 6.04 Å². The molecule has 0 radical (unpaired) electrons. The van der Waals surface area contributed by atoms with Crippen molar-refractivity contribution in [2.75, 3.05) is 0 Å². The number of benzene rings is 3. The summed E-state index contributed by atoms with van der Waals surface area (Å²) in [4.78, 5) is 0. The molecule has 0 saturated heterocycles. The number of ether oxygens (including phenoxy) is 1. The summed E-state index contributed by atoms with van der Waals surface area (Å²) in [6.07, 6.45) is 0. The zero-order valence-corrected chi connectivity index (χ0v) is 18.0. The lowest BCUT2D eigenvalue weighted by molar-refractivity contribution is 0.301. The fourth-order valence-corrected chi connectivity index (χ4v) is 3.62. The van der Waals surface area contributed by atoms with Crippen molar-refractivity contribution in [3.05, 3.63) is 97.9 Å². The Morgan fingerprint density at radius 3 is 2.48 bits per heavy atom. The van der Waals surface area contributed by atoms with Crippen molar-refractivity contribution in [2.45, 2.75) is 26.1 Å². The highest BCUT2D eigenvalue weighted by molar-refractivity contribution is 9.10. The van der Waals surface area contributed by atoms with Crippen LogP contribution in [0.1, 0.15) is 29.7 Å². The van der Waals surface area contributed by atoms with E-state index in [0.29, 0.717) is 23.2 Å². The van der Waals surface area contributed by atoms with E-state index < -0.39 is 0 Å². The predicted molar refractivity (Wildman–Crippen MR) is 117 cm³/mol. The molecule has 2 nitrogen and oxygen atoms in total. The van der Waals surface area contributed by atoms with Crippen LogP contribution in [0.25, 0.3) is 0 Å². The summed E-state index contributed by atoms with van der Waals surface area (Å²) >= 11 is 15.8. The molecule has 3 aromatic rings. The van der Waals surface area contributed by atoms with Crippen molar-refractivity contribution in [1.82, 2.24) is 5.32 Å². The van der Waals surface area contributed by atoms with Gasteiger partial charge in [-0.2, -0.15) is 0 Å². The Morgan fingerprint density at radius 2 is 1.74 bits per heavy atom. The van der Waals surface area contributed by atoms with Crippen LogP contribution in [0.15, 0.2) is 71.2 Å². The summed E-state index contributed by atoms with van der Waals surface area (Å²) in [5, 5.41) is 4.78. The molecule has 0 heterocycles. The third-order valence-corrected chi connectivity index (χ3v) is 5.40. The number of halogens is 3. The fourth-order valence-electron chi connectivity index (χ4n) is 2.74. The average molecular weight is 465 g/mol. The fraction of sp³-hybridized carbons (Fsp3) is 0.182. The second kappa shape index (κ2) is 9.61. The summed E-state index contributed by atoms with van der Waals surface area (Å²) in [7, 11) is 0. The monoisotopic (exact) mass is 463 g/mol. The van der Waals surface area contributed by atoms with Gasteiger partial charge in [0.2, 0.25) is 0 Å². The van der Waals surface area contributed by atoms with Gasteiger partial charge in [-0.25, -0.2) is 0 Å². The summed E-state index contributed by atoms with van der Waals surface area (Å²) in [5.74, 6) is 0.831. The molecular formula is C22H20BrCl2NO. The lowest BCUT2D eigenvalue weighted by Gasteiger charge is -2.17. The van der Waals surface area contributed by atoms with Crippen molar-refractivity contribution in [1.29, 1.82) is 0 Å². The predicted octanol–water partition coefficient (Wildman–Crippen LogP) is 7.19. The molecule has 140 valence electrons. The van der Waals surface area contributed by atoms with E-state index in [2.05, 4.69) is 58.5 Å².